The van der Waals surface area contributed by atoms with Gasteiger partial charge >= 0.3 is 0 Å². The smallest absolute Gasteiger partial charge is 0.264 e. The molecule has 1 saturated carbocycles. The second-order valence-electron chi connectivity index (χ2n) is 6.59. The summed E-state index contributed by atoms with van der Waals surface area (Å²) in [5.74, 6) is 0.165. The Kier molecular flexibility index (Phi) is 6.59. The van der Waals surface area contributed by atoms with Gasteiger partial charge in [-0.25, -0.2) is 0 Å². The summed E-state index contributed by atoms with van der Waals surface area (Å²) >= 11 is 5.04. The summed E-state index contributed by atoms with van der Waals surface area (Å²) in [7, 11) is 0. The van der Waals surface area contributed by atoms with Crippen molar-refractivity contribution in [2.75, 3.05) is 6.61 Å². The summed E-state index contributed by atoms with van der Waals surface area (Å²) in [6.07, 6.45) is 5.12. The Labute approximate surface area is 163 Å². The number of ether oxygens (including phenoxy) is 1. The van der Waals surface area contributed by atoms with Crippen LogP contribution in [0.1, 0.15) is 32.1 Å². The van der Waals surface area contributed by atoms with Crippen molar-refractivity contribution in [2.24, 2.45) is 5.92 Å². The highest BCUT2D eigenvalue weighted by molar-refractivity contribution is 7.80. The topological polar surface area (TPSA) is 79.5 Å². The van der Waals surface area contributed by atoms with Crippen LogP contribution in [0.4, 0.5) is 0 Å². The molecule has 0 bridgehead atoms. The molecule has 7 heteroatoms. The molecule has 27 heavy (non-hydrogen) atoms. The minimum atomic E-state index is -0.396. The van der Waals surface area contributed by atoms with Crippen molar-refractivity contribution in [3.05, 3.63) is 42.5 Å². The van der Waals surface area contributed by atoms with Gasteiger partial charge in [0.2, 0.25) is 5.91 Å². The molecule has 0 aliphatic heterocycles. The van der Waals surface area contributed by atoms with E-state index in [1.165, 1.54) is 6.42 Å². The number of amides is 2. The van der Waals surface area contributed by atoms with Gasteiger partial charge in [-0.3, -0.25) is 25.8 Å². The minimum Gasteiger partial charge on any atom is -0.483 e. The fourth-order valence-electron chi connectivity index (χ4n) is 3.24. The number of hydrogen-bond acceptors (Lipinski definition) is 4. The first-order valence-corrected chi connectivity index (χ1v) is 9.54. The fourth-order valence-corrected chi connectivity index (χ4v) is 3.41. The molecule has 3 N–H and O–H groups in total. The molecule has 0 radical (unpaired) electrons. The lowest BCUT2D eigenvalue weighted by Gasteiger charge is -2.21. The van der Waals surface area contributed by atoms with Gasteiger partial charge in [-0.15, -0.1) is 0 Å². The van der Waals surface area contributed by atoms with Crippen molar-refractivity contribution < 1.29 is 14.3 Å². The number of thiocarbonyl (C=S) groups is 1. The van der Waals surface area contributed by atoms with Gasteiger partial charge in [-0.1, -0.05) is 55.7 Å². The van der Waals surface area contributed by atoms with Crippen LogP contribution in [0, 0.1) is 5.92 Å². The molecule has 0 unspecified atom stereocenters. The van der Waals surface area contributed by atoms with Crippen molar-refractivity contribution in [2.45, 2.75) is 32.1 Å². The Morgan fingerprint density at radius 1 is 1.00 bits per heavy atom. The monoisotopic (exact) mass is 385 g/mol. The summed E-state index contributed by atoms with van der Waals surface area (Å²) in [6, 6.07) is 13.5. The molecule has 6 nitrogen and oxygen atoms in total. The Morgan fingerprint density at radius 3 is 2.56 bits per heavy atom. The first kappa shape index (κ1) is 19.1. The van der Waals surface area contributed by atoms with E-state index in [0.29, 0.717) is 5.75 Å². The SMILES string of the molecule is O=C(COc1cccc2ccccc12)NC(=S)NNC(=O)C1CCCCC1. The van der Waals surface area contributed by atoms with Crippen LogP contribution < -0.4 is 20.9 Å². The van der Waals surface area contributed by atoms with Gasteiger partial charge in [0.1, 0.15) is 5.75 Å². The highest BCUT2D eigenvalue weighted by atomic mass is 32.1. The van der Waals surface area contributed by atoms with E-state index in [1.54, 1.807) is 0 Å². The molecule has 2 aromatic carbocycles. The molecular formula is C20H23N3O3S. The molecule has 1 aliphatic rings. The quantitative estimate of drug-likeness (QED) is 0.557. The third-order valence-corrected chi connectivity index (χ3v) is 4.84. The number of hydrogen-bond donors (Lipinski definition) is 3. The lowest BCUT2D eigenvalue weighted by molar-refractivity contribution is -0.126. The lowest BCUT2D eigenvalue weighted by atomic mass is 9.89. The number of carbonyl (C=O) groups is 2. The maximum absolute atomic E-state index is 12.1. The molecule has 1 fully saturated rings. The van der Waals surface area contributed by atoms with E-state index in [9.17, 15) is 9.59 Å². The summed E-state index contributed by atoms with van der Waals surface area (Å²) in [5.41, 5.74) is 5.15. The summed E-state index contributed by atoms with van der Waals surface area (Å²) in [5, 5.41) is 4.52. The molecule has 0 spiro atoms. The fraction of sp³-hybridized carbons (Fsp3) is 0.350. The van der Waals surface area contributed by atoms with E-state index in [0.717, 1.165) is 36.5 Å². The Bertz CT molecular complexity index is 829. The number of nitrogens with one attached hydrogen (secondary N) is 3. The maximum atomic E-state index is 12.1. The number of hydrazine groups is 1. The number of benzene rings is 2. The van der Waals surface area contributed by atoms with Crippen LogP contribution in [0.3, 0.4) is 0 Å². The van der Waals surface area contributed by atoms with Gasteiger partial charge < -0.3 is 4.74 Å². The highest BCUT2D eigenvalue weighted by Crippen LogP contribution is 2.25. The third kappa shape index (κ3) is 5.40. The average molecular weight is 385 g/mol. The van der Waals surface area contributed by atoms with Gasteiger partial charge in [0, 0.05) is 11.3 Å². The predicted octanol–water partition coefficient (Wildman–Crippen LogP) is 2.82. The minimum absolute atomic E-state index is 0.0134. The molecule has 0 saturated heterocycles. The van der Waals surface area contributed by atoms with Crippen LogP contribution >= 0.6 is 12.2 Å². The van der Waals surface area contributed by atoms with E-state index in [-0.39, 0.29) is 23.5 Å². The zero-order chi connectivity index (χ0) is 19.1. The average Bonchev–Trinajstić information content (AvgIpc) is 2.71. The zero-order valence-corrected chi connectivity index (χ0v) is 15.8. The largest absolute Gasteiger partial charge is 0.483 e. The maximum Gasteiger partial charge on any atom is 0.264 e. The zero-order valence-electron chi connectivity index (χ0n) is 15.0. The number of carbonyl (C=O) groups excluding carboxylic acids is 2. The van der Waals surface area contributed by atoms with Crippen molar-refractivity contribution in [3.8, 4) is 5.75 Å². The summed E-state index contributed by atoms with van der Waals surface area (Å²) in [4.78, 5) is 24.1. The van der Waals surface area contributed by atoms with Crippen molar-refractivity contribution >= 4 is 39.9 Å². The van der Waals surface area contributed by atoms with Gasteiger partial charge in [-0.2, -0.15) is 0 Å². The van der Waals surface area contributed by atoms with Gasteiger partial charge in [0.15, 0.2) is 11.7 Å². The molecule has 0 aromatic heterocycles. The number of fused-ring (bicyclic) bond motifs is 1. The van der Waals surface area contributed by atoms with Crippen molar-refractivity contribution in [1.82, 2.24) is 16.2 Å². The van der Waals surface area contributed by atoms with Crippen molar-refractivity contribution in [3.63, 3.8) is 0 Å². The Morgan fingerprint density at radius 2 is 1.74 bits per heavy atom. The molecule has 0 heterocycles. The van der Waals surface area contributed by atoms with E-state index in [1.807, 2.05) is 42.5 Å². The molecule has 2 amide bonds. The normalized spacial score (nSPS) is 14.4. The second kappa shape index (κ2) is 9.32. The van der Waals surface area contributed by atoms with Crippen molar-refractivity contribution in [1.29, 1.82) is 0 Å². The first-order valence-electron chi connectivity index (χ1n) is 9.14. The Hall–Kier alpha value is -2.67. The van der Waals surface area contributed by atoms with Crippen LogP contribution in [0.15, 0.2) is 42.5 Å². The Balaban J connectivity index is 1.43. The predicted molar refractivity (Wildman–Crippen MR) is 108 cm³/mol. The molecule has 142 valence electrons. The molecule has 3 rings (SSSR count). The molecule has 1 aliphatic carbocycles. The highest BCUT2D eigenvalue weighted by Gasteiger charge is 2.21. The standard InChI is InChI=1S/C20H23N3O3S/c24-18(13-26-17-12-6-10-14-7-4-5-11-16(14)17)21-20(27)23-22-19(25)15-8-2-1-3-9-15/h4-7,10-12,15H,1-3,8-9,13H2,(H,22,25)(H2,21,23,24,27). The summed E-state index contributed by atoms with van der Waals surface area (Å²) < 4.78 is 5.62. The lowest BCUT2D eigenvalue weighted by Crippen LogP contribution is -2.51. The van der Waals surface area contributed by atoms with Gasteiger partial charge in [-0.05, 0) is 36.5 Å². The van der Waals surface area contributed by atoms with E-state index in [4.69, 9.17) is 17.0 Å². The summed E-state index contributed by atoms with van der Waals surface area (Å²) in [6.45, 7) is -0.174. The van der Waals surface area contributed by atoms with Crippen LogP contribution in [-0.4, -0.2) is 23.5 Å². The van der Waals surface area contributed by atoms with Crippen LogP contribution in [0.5, 0.6) is 5.75 Å². The van der Waals surface area contributed by atoms with E-state index < -0.39 is 5.91 Å². The van der Waals surface area contributed by atoms with E-state index in [2.05, 4.69) is 16.2 Å². The van der Waals surface area contributed by atoms with E-state index >= 15 is 0 Å². The van der Waals surface area contributed by atoms with Crippen LogP contribution in [-0.2, 0) is 9.59 Å². The second-order valence-corrected chi connectivity index (χ2v) is 7.00. The van der Waals surface area contributed by atoms with Crippen LogP contribution in [0.25, 0.3) is 10.8 Å². The molecular weight excluding hydrogens is 362 g/mol. The van der Waals surface area contributed by atoms with Crippen LogP contribution in [0.2, 0.25) is 0 Å². The van der Waals surface area contributed by atoms with Gasteiger partial charge in [0.05, 0.1) is 0 Å². The van der Waals surface area contributed by atoms with Gasteiger partial charge in [0.25, 0.3) is 5.91 Å². The molecule has 0 atom stereocenters. The molecule has 2 aromatic rings. The number of rotatable bonds is 4. The third-order valence-electron chi connectivity index (χ3n) is 4.64. The first-order chi connectivity index (χ1) is 13.1.